The number of benzene rings is 2. The molecule has 25 heavy (non-hydrogen) atoms. The maximum atomic E-state index is 11.9. The molecule has 0 heterocycles. The molecule has 0 aliphatic carbocycles. The van der Waals surface area contributed by atoms with Crippen molar-refractivity contribution in [3.8, 4) is 0 Å². The van der Waals surface area contributed by atoms with Crippen molar-refractivity contribution in [2.75, 3.05) is 17.7 Å². The highest BCUT2D eigenvalue weighted by Crippen LogP contribution is 2.25. The van der Waals surface area contributed by atoms with Crippen molar-refractivity contribution >= 4 is 52.5 Å². The highest BCUT2D eigenvalue weighted by molar-refractivity contribution is 8.00. The van der Waals surface area contributed by atoms with E-state index < -0.39 is 11.9 Å². The number of amides is 1. The molecular weight excluding hydrogens is 381 g/mol. The number of rotatable bonds is 6. The lowest BCUT2D eigenvalue weighted by Crippen LogP contribution is -2.21. The van der Waals surface area contributed by atoms with E-state index in [1.807, 2.05) is 32.0 Å². The number of thioether (sulfide) groups is 1. The van der Waals surface area contributed by atoms with E-state index in [-0.39, 0.29) is 12.4 Å². The Balaban J connectivity index is 1.80. The zero-order valence-electron chi connectivity index (χ0n) is 13.8. The minimum atomic E-state index is -0.478. The van der Waals surface area contributed by atoms with E-state index in [0.29, 0.717) is 15.7 Å². The quantitative estimate of drug-likeness (QED) is 0.557. The second-order valence-electron chi connectivity index (χ2n) is 5.39. The molecule has 0 aliphatic heterocycles. The first kappa shape index (κ1) is 19.6. The number of hydrogen-bond donors (Lipinski definition) is 1. The van der Waals surface area contributed by atoms with Gasteiger partial charge in [0.15, 0.2) is 6.61 Å². The Kier molecular flexibility index (Phi) is 7.17. The number of carbonyl (C=O) groups excluding carboxylic acids is 2. The molecule has 4 nitrogen and oxygen atoms in total. The monoisotopic (exact) mass is 397 g/mol. The summed E-state index contributed by atoms with van der Waals surface area (Å²) in [5.74, 6) is -0.803. The number of nitrogens with one attached hydrogen (secondary N) is 1. The van der Waals surface area contributed by atoms with Crippen molar-refractivity contribution in [3.63, 3.8) is 0 Å². The fraction of sp³-hybridized carbons (Fsp3) is 0.222. The van der Waals surface area contributed by atoms with Crippen LogP contribution in [-0.2, 0) is 14.3 Å². The van der Waals surface area contributed by atoms with Crippen LogP contribution in [0.3, 0.4) is 0 Å². The Morgan fingerprint density at radius 2 is 1.88 bits per heavy atom. The van der Waals surface area contributed by atoms with E-state index in [1.54, 1.807) is 12.1 Å². The van der Waals surface area contributed by atoms with Gasteiger partial charge in [-0.1, -0.05) is 40.9 Å². The second-order valence-corrected chi connectivity index (χ2v) is 7.25. The lowest BCUT2D eigenvalue weighted by atomic mass is 10.2. The Hall–Kier alpha value is -1.69. The van der Waals surface area contributed by atoms with Gasteiger partial charge in [0.1, 0.15) is 0 Å². The largest absolute Gasteiger partial charge is 0.455 e. The van der Waals surface area contributed by atoms with Gasteiger partial charge in [-0.25, -0.2) is 0 Å². The molecule has 2 aromatic rings. The van der Waals surface area contributed by atoms with Gasteiger partial charge in [0, 0.05) is 9.92 Å². The number of esters is 1. The second kappa shape index (κ2) is 9.13. The van der Waals surface area contributed by atoms with Crippen LogP contribution in [0.4, 0.5) is 5.69 Å². The number of halogens is 2. The van der Waals surface area contributed by atoms with E-state index in [0.717, 1.165) is 16.0 Å². The van der Waals surface area contributed by atoms with Crippen LogP contribution in [0.25, 0.3) is 0 Å². The molecule has 0 saturated carbocycles. The SMILES string of the molecule is Cc1ccc(C)c(SCC(=O)OCC(=O)Nc2cc(Cl)ccc2Cl)c1. The standard InChI is InChI=1S/C18H17Cl2NO3S/c1-11-3-4-12(2)16(7-11)25-10-18(23)24-9-17(22)21-15-8-13(19)5-6-14(15)20/h3-8H,9-10H2,1-2H3,(H,21,22). The highest BCUT2D eigenvalue weighted by Gasteiger charge is 2.11. The first-order valence-corrected chi connectivity index (χ1v) is 9.20. The van der Waals surface area contributed by atoms with Gasteiger partial charge in [-0.2, -0.15) is 0 Å². The van der Waals surface area contributed by atoms with Crippen molar-refractivity contribution in [2.45, 2.75) is 18.7 Å². The van der Waals surface area contributed by atoms with Crippen molar-refractivity contribution in [3.05, 3.63) is 57.6 Å². The third kappa shape index (κ3) is 6.27. The zero-order valence-corrected chi connectivity index (χ0v) is 16.1. The predicted octanol–water partition coefficient (Wildman–Crippen LogP) is 4.88. The van der Waals surface area contributed by atoms with Crippen LogP contribution in [0, 0.1) is 13.8 Å². The Morgan fingerprint density at radius 3 is 2.64 bits per heavy atom. The molecule has 0 bridgehead atoms. The Morgan fingerprint density at radius 1 is 1.12 bits per heavy atom. The molecule has 0 saturated heterocycles. The van der Waals surface area contributed by atoms with E-state index in [2.05, 4.69) is 5.32 Å². The van der Waals surface area contributed by atoms with Gasteiger partial charge >= 0.3 is 5.97 Å². The molecule has 0 spiro atoms. The molecule has 0 radical (unpaired) electrons. The summed E-state index contributed by atoms with van der Waals surface area (Å²) in [5.41, 5.74) is 2.59. The Bertz CT molecular complexity index is 796. The van der Waals surface area contributed by atoms with E-state index >= 15 is 0 Å². The zero-order chi connectivity index (χ0) is 18.4. The Labute approximate surface area is 160 Å². The number of ether oxygens (including phenoxy) is 1. The van der Waals surface area contributed by atoms with Crippen LogP contribution in [0.1, 0.15) is 11.1 Å². The molecule has 2 rings (SSSR count). The number of carbonyl (C=O) groups is 2. The van der Waals surface area contributed by atoms with Gasteiger partial charge in [-0.3, -0.25) is 9.59 Å². The average Bonchev–Trinajstić information content (AvgIpc) is 2.57. The molecule has 1 N–H and O–H groups in total. The smallest absolute Gasteiger partial charge is 0.316 e. The molecule has 0 aromatic heterocycles. The van der Waals surface area contributed by atoms with Crippen LogP contribution in [0.5, 0.6) is 0 Å². The number of anilines is 1. The molecular formula is C18H17Cl2NO3S. The van der Waals surface area contributed by atoms with Gasteiger partial charge in [0.2, 0.25) is 0 Å². The predicted molar refractivity (Wildman–Crippen MR) is 103 cm³/mol. The lowest BCUT2D eigenvalue weighted by molar-refractivity contribution is -0.144. The third-order valence-electron chi connectivity index (χ3n) is 3.26. The minimum Gasteiger partial charge on any atom is -0.455 e. The molecule has 0 unspecified atom stereocenters. The first-order chi connectivity index (χ1) is 11.8. The molecule has 132 valence electrons. The summed E-state index contributed by atoms with van der Waals surface area (Å²) in [4.78, 5) is 24.7. The summed E-state index contributed by atoms with van der Waals surface area (Å²) in [6, 6.07) is 10.8. The van der Waals surface area contributed by atoms with Crippen LogP contribution in [-0.4, -0.2) is 24.2 Å². The van der Waals surface area contributed by atoms with Crippen LogP contribution in [0.2, 0.25) is 10.0 Å². The lowest BCUT2D eigenvalue weighted by Gasteiger charge is -2.09. The number of aryl methyl sites for hydroxylation is 2. The maximum absolute atomic E-state index is 11.9. The summed E-state index contributed by atoms with van der Waals surface area (Å²) >= 11 is 13.2. The fourth-order valence-corrected chi connectivity index (χ4v) is 3.23. The summed E-state index contributed by atoms with van der Waals surface area (Å²) in [7, 11) is 0. The average molecular weight is 398 g/mol. The van der Waals surface area contributed by atoms with E-state index in [1.165, 1.54) is 17.8 Å². The third-order valence-corrected chi connectivity index (χ3v) is 4.95. The first-order valence-electron chi connectivity index (χ1n) is 7.45. The molecule has 0 atom stereocenters. The van der Waals surface area contributed by atoms with Crippen molar-refractivity contribution in [1.82, 2.24) is 0 Å². The van der Waals surface area contributed by atoms with Crippen molar-refractivity contribution in [2.24, 2.45) is 0 Å². The van der Waals surface area contributed by atoms with Gasteiger partial charge < -0.3 is 10.1 Å². The van der Waals surface area contributed by atoms with Gasteiger partial charge in [-0.15, -0.1) is 11.8 Å². The van der Waals surface area contributed by atoms with Crippen molar-refractivity contribution in [1.29, 1.82) is 0 Å². The number of hydrogen-bond acceptors (Lipinski definition) is 4. The summed E-state index contributed by atoms with van der Waals surface area (Å²) < 4.78 is 4.99. The van der Waals surface area contributed by atoms with Crippen LogP contribution >= 0.6 is 35.0 Å². The summed E-state index contributed by atoms with van der Waals surface area (Å²) in [6.45, 7) is 3.59. The minimum absolute atomic E-state index is 0.134. The van der Waals surface area contributed by atoms with Crippen molar-refractivity contribution < 1.29 is 14.3 Å². The molecule has 0 fully saturated rings. The summed E-state index contributed by atoms with van der Waals surface area (Å²) in [6.07, 6.45) is 0. The summed E-state index contributed by atoms with van der Waals surface area (Å²) in [5, 5.41) is 3.36. The van der Waals surface area contributed by atoms with Gasteiger partial charge in [0.25, 0.3) is 5.91 Å². The van der Waals surface area contributed by atoms with E-state index in [9.17, 15) is 9.59 Å². The molecule has 7 heteroatoms. The molecule has 0 aliphatic rings. The molecule has 1 amide bonds. The van der Waals surface area contributed by atoms with E-state index in [4.69, 9.17) is 27.9 Å². The van der Waals surface area contributed by atoms with Crippen LogP contribution in [0.15, 0.2) is 41.3 Å². The highest BCUT2D eigenvalue weighted by atomic mass is 35.5. The van der Waals surface area contributed by atoms with Gasteiger partial charge in [0.05, 0.1) is 16.5 Å². The van der Waals surface area contributed by atoms with Gasteiger partial charge in [-0.05, 0) is 43.7 Å². The molecule has 2 aromatic carbocycles. The topological polar surface area (TPSA) is 55.4 Å². The normalized spacial score (nSPS) is 10.4. The fourth-order valence-electron chi connectivity index (χ4n) is 1.97. The van der Waals surface area contributed by atoms with Crippen LogP contribution < -0.4 is 5.32 Å². The maximum Gasteiger partial charge on any atom is 0.316 e.